The number of hydrogen-bond acceptors (Lipinski definition) is 8. The number of ether oxygens (including phenoxy) is 4. The fourth-order valence-corrected chi connectivity index (χ4v) is 5.19. The number of aromatic hydroxyl groups is 1. The number of nitrogens with one attached hydrogen (secondary N) is 2. The molecule has 4 rings (SSSR count). The molecule has 2 heterocycles. The number of benzene rings is 2. The summed E-state index contributed by atoms with van der Waals surface area (Å²) in [6.07, 6.45) is 0.838. The number of nitrogens with zero attached hydrogens (tertiary/aromatic N) is 1. The van der Waals surface area contributed by atoms with Gasteiger partial charge in [0.2, 0.25) is 11.7 Å². The maximum atomic E-state index is 13.6. The Balaban J connectivity index is 1.76. The summed E-state index contributed by atoms with van der Waals surface area (Å²) < 4.78 is 22.5. The first kappa shape index (κ1) is 25.1. The number of methoxy groups -OCH3 is 3. The predicted molar refractivity (Wildman–Crippen MR) is 131 cm³/mol. The van der Waals surface area contributed by atoms with E-state index in [0.717, 1.165) is 11.1 Å². The van der Waals surface area contributed by atoms with Crippen molar-refractivity contribution in [3.8, 4) is 23.0 Å². The van der Waals surface area contributed by atoms with Crippen molar-refractivity contribution in [2.24, 2.45) is 5.92 Å². The minimum atomic E-state index is -0.449. The Labute approximate surface area is 206 Å². The molecule has 2 saturated heterocycles. The molecule has 2 aliphatic rings. The molecule has 0 saturated carbocycles. The molecule has 0 radical (unpaired) electrons. The predicted octanol–water partition coefficient (Wildman–Crippen LogP) is 2.95. The van der Waals surface area contributed by atoms with E-state index in [0.29, 0.717) is 36.8 Å². The van der Waals surface area contributed by atoms with Gasteiger partial charge in [-0.05, 0) is 44.0 Å². The maximum absolute atomic E-state index is 13.6. The number of phenolic OH excluding ortho intramolecular Hbond substituents is 1. The Bertz CT molecular complexity index is 1020. The van der Waals surface area contributed by atoms with Gasteiger partial charge in [-0.1, -0.05) is 18.2 Å². The lowest BCUT2D eigenvalue weighted by Gasteiger charge is -2.32. The van der Waals surface area contributed by atoms with Gasteiger partial charge < -0.3 is 29.0 Å². The molecule has 2 fully saturated rings. The molecular formula is C26H35N3O6. The van der Waals surface area contributed by atoms with Gasteiger partial charge in [0, 0.05) is 24.6 Å². The van der Waals surface area contributed by atoms with Crippen molar-refractivity contribution in [2.45, 2.75) is 44.5 Å². The molecule has 0 aliphatic carbocycles. The number of para-hydroxylation sites is 1. The van der Waals surface area contributed by atoms with Crippen LogP contribution >= 0.6 is 0 Å². The molecule has 0 aromatic heterocycles. The summed E-state index contributed by atoms with van der Waals surface area (Å²) in [5.41, 5.74) is 8.06. The third-order valence-corrected chi connectivity index (χ3v) is 6.71. The maximum Gasteiger partial charge on any atom is 0.242 e. The summed E-state index contributed by atoms with van der Waals surface area (Å²) in [4.78, 5) is 15.5. The van der Waals surface area contributed by atoms with Crippen molar-refractivity contribution in [2.75, 3.05) is 34.5 Å². The second kappa shape index (κ2) is 10.7. The van der Waals surface area contributed by atoms with E-state index in [2.05, 4.69) is 10.9 Å². The quantitative estimate of drug-likeness (QED) is 0.442. The Kier molecular flexibility index (Phi) is 7.69. The summed E-state index contributed by atoms with van der Waals surface area (Å²) in [7, 11) is 4.72. The van der Waals surface area contributed by atoms with Gasteiger partial charge in [0.1, 0.15) is 11.8 Å². The molecule has 35 heavy (non-hydrogen) atoms. The van der Waals surface area contributed by atoms with Crippen LogP contribution in [0.5, 0.6) is 23.0 Å². The molecule has 0 spiro atoms. The molecule has 9 nitrogen and oxygen atoms in total. The highest BCUT2D eigenvalue weighted by Gasteiger charge is 2.55. The zero-order chi connectivity index (χ0) is 25.1. The van der Waals surface area contributed by atoms with Gasteiger partial charge in [-0.3, -0.25) is 4.79 Å². The van der Waals surface area contributed by atoms with Crippen LogP contribution in [0.2, 0.25) is 0 Å². The Morgan fingerprint density at radius 1 is 1.00 bits per heavy atom. The van der Waals surface area contributed by atoms with E-state index < -0.39 is 6.04 Å². The van der Waals surface area contributed by atoms with Gasteiger partial charge in [0.15, 0.2) is 11.5 Å². The molecule has 4 atom stereocenters. The van der Waals surface area contributed by atoms with E-state index in [1.165, 1.54) is 0 Å². The van der Waals surface area contributed by atoms with Crippen molar-refractivity contribution < 1.29 is 28.8 Å². The molecule has 2 aromatic rings. The third kappa shape index (κ3) is 4.76. The second-order valence-corrected chi connectivity index (χ2v) is 9.09. The average Bonchev–Trinajstić information content (AvgIpc) is 3.39. The highest BCUT2D eigenvalue weighted by atomic mass is 16.5. The molecule has 9 heteroatoms. The highest BCUT2D eigenvalue weighted by molar-refractivity contribution is 5.86. The van der Waals surface area contributed by atoms with Crippen molar-refractivity contribution in [3.63, 3.8) is 0 Å². The standard InChI is InChI=1S/C26H35N3O6/c1-15(2)35-12-8-11-29-24(16-13-19(32-3)25(34-5)20(14-16)33-4)21-22(27-28-23(21)26(29)31)17-9-6-7-10-18(17)30/h6-7,9-10,13-15,21-24,27-28,30H,8,11-12H2,1-5H3. The van der Waals surface area contributed by atoms with Crippen LogP contribution in [0, 0.1) is 5.92 Å². The van der Waals surface area contributed by atoms with E-state index >= 15 is 0 Å². The summed E-state index contributed by atoms with van der Waals surface area (Å²) >= 11 is 0. The number of rotatable bonds is 10. The van der Waals surface area contributed by atoms with Gasteiger partial charge in [0.05, 0.1) is 39.5 Å². The number of fused-ring (bicyclic) bond motifs is 1. The van der Waals surface area contributed by atoms with Gasteiger partial charge in [-0.25, -0.2) is 10.9 Å². The summed E-state index contributed by atoms with van der Waals surface area (Å²) in [6, 6.07) is 9.99. The van der Waals surface area contributed by atoms with Gasteiger partial charge >= 0.3 is 0 Å². The van der Waals surface area contributed by atoms with Crippen LogP contribution in [-0.4, -0.2) is 62.5 Å². The van der Waals surface area contributed by atoms with Crippen molar-refractivity contribution >= 4 is 5.91 Å². The molecular weight excluding hydrogens is 450 g/mol. The summed E-state index contributed by atoms with van der Waals surface area (Å²) in [6.45, 7) is 5.09. The van der Waals surface area contributed by atoms with Crippen LogP contribution in [-0.2, 0) is 9.53 Å². The number of hydrogen-bond donors (Lipinski definition) is 3. The van der Waals surface area contributed by atoms with Crippen molar-refractivity contribution in [1.82, 2.24) is 15.8 Å². The lowest BCUT2D eigenvalue weighted by Crippen LogP contribution is -2.41. The first-order valence-corrected chi connectivity index (χ1v) is 11.9. The Hall–Kier alpha value is -3.01. The Morgan fingerprint density at radius 2 is 1.66 bits per heavy atom. The fourth-order valence-electron chi connectivity index (χ4n) is 5.19. The van der Waals surface area contributed by atoms with Crippen molar-refractivity contribution in [1.29, 1.82) is 0 Å². The summed E-state index contributed by atoms with van der Waals surface area (Å²) in [5, 5.41) is 10.6. The molecule has 2 aromatic carbocycles. The van der Waals surface area contributed by atoms with E-state index in [4.69, 9.17) is 18.9 Å². The topological polar surface area (TPSA) is 102 Å². The number of carbonyl (C=O) groups is 1. The van der Waals surface area contributed by atoms with Crippen LogP contribution in [0.4, 0.5) is 0 Å². The van der Waals surface area contributed by atoms with Crippen molar-refractivity contribution in [3.05, 3.63) is 47.5 Å². The monoisotopic (exact) mass is 485 g/mol. The average molecular weight is 486 g/mol. The zero-order valence-corrected chi connectivity index (χ0v) is 20.9. The van der Waals surface area contributed by atoms with Crippen LogP contribution in [0.15, 0.2) is 36.4 Å². The number of carbonyl (C=O) groups excluding carboxylic acids is 1. The number of likely N-dealkylation sites (tertiary alicyclic amines) is 1. The van der Waals surface area contributed by atoms with Crippen LogP contribution in [0.3, 0.4) is 0 Å². The van der Waals surface area contributed by atoms with Crippen LogP contribution < -0.4 is 25.1 Å². The third-order valence-electron chi connectivity index (χ3n) is 6.71. The lowest BCUT2D eigenvalue weighted by atomic mass is 9.83. The van der Waals surface area contributed by atoms with Gasteiger partial charge in [-0.2, -0.15) is 0 Å². The van der Waals surface area contributed by atoms with Gasteiger partial charge in [0.25, 0.3) is 0 Å². The van der Waals surface area contributed by atoms with E-state index in [1.807, 2.05) is 43.0 Å². The largest absolute Gasteiger partial charge is 0.508 e. The van der Waals surface area contributed by atoms with Crippen LogP contribution in [0.25, 0.3) is 0 Å². The highest BCUT2D eigenvalue weighted by Crippen LogP contribution is 2.51. The Morgan fingerprint density at radius 3 is 2.26 bits per heavy atom. The molecule has 4 unspecified atom stereocenters. The number of amides is 1. The molecule has 190 valence electrons. The molecule has 2 aliphatic heterocycles. The molecule has 1 amide bonds. The van der Waals surface area contributed by atoms with Gasteiger partial charge in [-0.15, -0.1) is 0 Å². The minimum Gasteiger partial charge on any atom is -0.508 e. The first-order chi connectivity index (χ1) is 16.9. The van der Waals surface area contributed by atoms with E-state index in [9.17, 15) is 9.90 Å². The van der Waals surface area contributed by atoms with E-state index in [-0.39, 0.29) is 35.8 Å². The minimum absolute atomic E-state index is 0.00344. The zero-order valence-electron chi connectivity index (χ0n) is 20.9. The van der Waals surface area contributed by atoms with Crippen LogP contribution in [0.1, 0.15) is 43.5 Å². The summed E-state index contributed by atoms with van der Waals surface area (Å²) in [5.74, 6) is 1.55. The number of phenols is 1. The van der Waals surface area contributed by atoms with E-state index in [1.54, 1.807) is 33.5 Å². The second-order valence-electron chi connectivity index (χ2n) is 9.09. The normalized spacial score (nSPS) is 23.6. The molecule has 3 N–H and O–H groups in total. The first-order valence-electron chi connectivity index (χ1n) is 11.9. The smallest absolute Gasteiger partial charge is 0.242 e. The fraction of sp³-hybridized carbons (Fsp3) is 0.500. The lowest BCUT2D eigenvalue weighted by molar-refractivity contribution is -0.131. The molecule has 0 bridgehead atoms. The SMILES string of the molecule is COc1cc(C2C3C(NNC3c3ccccc3O)C(=O)N2CCCOC(C)C)cc(OC)c1OC. The number of hydrazine groups is 1.